The number of hydrogen-bond donors (Lipinski definition) is 3. The van der Waals surface area contributed by atoms with Crippen LogP contribution in [0.4, 0.5) is 20.2 Å². The van der Waals surface area contributed by atoms with Crippen molar-refractivity contribution < 1.29 is 18.7 Å². The van der Waals surface area contributed by atoms with Gasteiger partial charge in [-0.05, 0) is 24.3 Å². The van der Waals surface area contributed by atoms with E-state index < -0.39 is 17.5 Å². The standard InChI is InChI=1S/C13H10F2N2O2/c14-7-4-5-11(9(15)6-7)17-13(19)8-2-1-3-10(16)12(8)18/h1-6,18H,16H2,(H,17,19). The molecule has 0 fully saturated rings. The van der Waals surface area contributed by atoms with E-state index >= 15 is 0 Å². The molecule has 19 heavy (non-hydrogen) atoms. The summed E-state index contributed by atoms with van der Waals surface area (Å²) in [6.07, 6.45) is 0. The van der Waals surface area contributed by atoms with Crippen molar-refractivity contribution in [3.05, 3.63) is 53.6 Å². The normalized spacial score (nSPS) is 10.2. The maximum atomic E-state index is 13.4. The predicted octanol–water partition coefficient (Wildman–Crippen LogP) is 2.50. The topological polar surface area (TPSA) is 75.4 Å². The van der Waals surface area contributed by atoms with Gasteiger partial charge in [-0.3, -0.25) is 4.79 Å². The zero-order valence-electron chi connectivity index (χ0n) is 9.65. The van der Waals surface area contributed by atoms with Gasteiger partial charge in [-0.2, -0.15) is 0 Å². The number of nitrogen functional groups attached to an aromatic ring is 1. The molecular formula is C13H10F2N2O2. The maximum absolute atomic E-state index is 13.4. The Morgan fingerprint density at radius 1 is 1.21 bits per heavy atom. The number of phenols is 1. The van der Waals surface area contributed by atoms with Gasteiger partial charge in [0.25, 0.3) is 5.91 Å². The Labute approximate surface area is 107 Å². The highest BCUT2D eigenvalue weighted by atomic mass is 19.1. The highest BCUT2D eigenvalue weighted by molar-refractivity contribution is 6.07. The Hall–Kier alpha value is -2.63. The lowest BCUT2D eigenvalue weighted by Gasteiger charge is -2.08. The molecule has 0 aliphatic rings. The highest BCUT2D eigenvalue weighted by Gasteiger charge is 2.14. The summed E-state index contributed by atoms with van der Waals surface area (Å²) >= 11 is 0. The van der Waals surface area contributed by atoms with Crippen molar-refractivity contribution in [1.29, 1.82) is 0 Å². The molecule has 0 radical (unpaired) electrons. The third-order valence-corrected chi connectivity index (χ3v) is 2.49. The maximum Gasteiger partial charge on any atom is 0.259 e. The van der Waals surface area contributed by atoms with E-state index in [0.29, 0.717) is 6.07 Å². The van der Waals surface area contributed by atoms with E-state index in [2.05, 4.69) is 5.32 Å². The van der Waals surface area contributed by atoms with Gasteiger partial charge in [0.2, 0.25) is 0 Å². The number of amides is 1. The van der Waals surface area contributed by atoms with Gasteiger partial charge in [-0.25, -0.2) is 8.78 Å². The minimum Gasteiger partial charge on any atom is -0.505 e. The fraction of sp³-hybridized carbons (Fsp3) is 0. The molecule has 0 unspecified atom stereocenters. The molecule has 4 N–H and O–H groups in total. The number of nitrogens with one attached hydrogen (secondary N) is 1. The number of phenolic OH excluding ortho intramolecular Hbond substituents is 1. The number of rotatable bonds is 2. The molecule has 4 nitrogen and oxygen atoms in total. The predicted molar refractivity (Wildman–Crippen MR) is 66.8 cm³/mol. The van der Waals surface area contributed by atoms with Crippen LogP contribution < -0.4 is 11.1 Å². The quantitative estimate of drug-likeness (QED) is 0.576. The zero-order valence-corrected chi connectivity index (χ0v) is 9.65. The van der Waals surface area contributed by atoms with Crippen molar-refractivity contribution in [3.63, 3.8) is 0 Å². The van der Waals surface area contributed by atoms with Crippen LogP contribution in [0.5, 0.6) is 5.75 Å². The van der Waals surface area contributed by atoms with Crippen molar-refractivity contribution in [1.82, 2.24) is 0 Å². The van der Waals surface area contributed by atoms with Gasteiger partial charge < -0.3 is 16.2 Å². The molecule has 0 atom stereocenters. The van der Waals surface area contributed by atoms with E-state index in [4.69, 9.17) is 5.73 Å². The van der Waals surface area contributed by atoms with Crippen LogP contribution in [0.1, 0.15) is 10.4 Å². The lowest BCUT2D eigenvalue weighted by Crippen LogP contribution is -2.13. The van der Waals surface area contributed by atoms with Crippen LogP contribution >= 0.6 is 0 Å². The number of carbonyl (C=O) groups excluding carboxylic acids is 1. The zero-order chi connectivity index (χ0) is 14.0. The van der Waals surface area contributed by atoms with Crippen LogP contribution in [0.2, 0.25) is 0 Å². The lowest BCUT2D eigenvalue weighted by molar-refractivity contribution is 0.102. The fourth-order valence-corrected chi connectivity index (χ4v) is 1.53. The van der Waals surface area contributed by atoms with E-state index in [1.54, 1.807) is 0 Å². The molecule has 2 aromatic rings. The van der Waals surface area contributed by atoms with E-state index in [1.165, 1.54) is 18.2 Å². The average molecular weight is 264 g/mol. The second kappa shape index (κ2) is 4.93. The van der Waals surface area contributed by atoms with Gasteiger partial charge in [0.05, 0.1) is 16.9 Å². The van der Waals surface area contributed by atoms with E-state index in [1.807, 2.05) is 0 Å². The monoisotopic (exact) mass is 264 g/mol. The molecule has 0 saturated carbocycles. The molecule has 0 aliphatic carbocycles. The average Bonchev–Trinajstić information content (AvgIpc) is 2.36. The molecule has 0 aliphatic heterocycles. The highest BCUT2D eigenvalue weighted by Crippen LogP contribution is 2.25. The van der Waals surface area contributed by atoms with Gasteiger partial charge in [0, 0.05) is 6.07 Å². The molecule has 6 heteroatoms. The Morgan fingerprint density at radius 2 is 1.95 bits per heavy atom. The van der Waals surface area contributed by atoms with Crippen LogP contribution in [0.3, 0.4) is 0 Å². The minimum absolute atomic E-state index is 0.0345. The number of halogens is 2. The number of aromatic hydroxyl groups is 1. The molecule has 0 saturated heterocycles. The molecule has 0 heterocycles. The summed E-state index contributed by atoms with van der Waals surface area (Å²) in [6, 6.07) is 6.98. The summed E-state index contributed by atoms with van der Waals surface area (Å²) in [5.74, 6) is -2.78. The fourth-order valence-electron chi connectivity index (χ4n) is 1.53. The summed E-state index contributed by atoms with van der Waals surface area (Å²) < 4.78 is 26.1. The summed E-state index contributed by atoms with van der Waals surface area (Å²) in [5, 5.41) is 11.8. The summed E-state index contributed by atoms with van der Waals surface area (Å²) in [7, 11) is 0. The SMILES string of the molecule is Nc1cccc(C(=O)Nc2ccc(F)cc2F)c1O. The first-order chi connectivity index (χ1) is 8.99. The Kier molecular flexibility index (Phi) is 3.33. The molecule has 98 valence electrons. The first kappa shape index (κ1) is 12.8. The van der Waals surface area contributed by atoms with E-state index in [9.17, 15) is 18.7 Å². The first-order valence-corrected chi connectivity index (χ1v) is 5.33. The number of anilines is 2. The smallest absolute Gasteiger partial charge is 0.259 e. The second-order valence-electron chi connectivity index (χ2n) is 3.82. The van der Waals surface area contributed by atoms with Gasteiger partial charge >= 0.3 is 0 Å². The van der Waals surface area contributed by atoms with Crippen LogP contribution in [-0.2, 0) is 0 Å². The number of carbonyl (C=O) groups is 1. The third kappa shape index (κ3) is 2.62. The van der Waals surface area contributed by atoms with Crippen molar-refractivity contribution in [3.8, 4) is 5.75 Å². The molecule has 0 spiro atoms. The Balaban J connectivity index is 2.28. The lowest BCUT2D eigenvalue weighted by atomic mass is 10.1. The van der Waals surface area contributed by atoms with Gasteiger partial charge in [-0.1, -0.05) is 6.07 Å². The molecule has 0 aromatic heterocycles. The number of benzene rings is 2. The van der Waals surface area contributed by atoms with E-state index in [-0.39, 0.29) is 22.7 Å². The molecule has 2 aromatic carbocycles. The number of hydrogen-bond acceptors (Lipinski definition) is 3. The largest absolute Gasteiger partial charge is 0.505 e. The third-order valence-electron chi connectivity index (χ3n) is 2.49. The number of para-hydroxylation sites is 1. The van der Waals surface area contributed by atoms with Gasteiger partial charge in [0.1, 0.15) is 11.6 Å². The minimum atomic E-state index is -0.906. The Morgan fingerprint density at radius 3 is 2.63 bits per heavy atom. The summed E-state index contributed by atoms with van der Waals surface area (Å²) in [6.45, 7) is 0. The van der Waals surface area contributed by atoms with Crippen LogP contribution in [0.25, 0.3) is 0 Å². The second-order valence-corrected chi connectivity index (χ2v) is 3.82. The van der Waals surface area contributed by atoms with Crippen molar-refractivity contribution in [2.24, 2.45) is 0 Å². The molecule has 1 amide bonds. The van der Waals surface area contributed by atoms with E-state index in [0.717, 1.165) is 12.1 Å². The number of nitrogens with two attached hydrogens (primary N) is 1. The van der Waals surface area contributed by atoms with Crippen LogP contribution in [0.15, 0.2) is 36.4 Å². The van der Waals surface area contributed by atoms with Gasteiger partial charge in [0.15, 0.2) is 5.75 Å². The van der Waals surface area contributed by atoms with Crippen LogP contribution in [-0.4, -0.2) is 11.0 Å². The van der Waals surface area contributed by atoms with Crippen molar-refractivity contribution in [2.45, 2.75) is 0 Å². The molecule has 0 bridgehead atoms. The van der Waals surface area contributed by atoms with Crippen LogP contribution in [0, 0.1) is 11.6 Å². The van der Waals surface area contributed by atoms with Crippen molar-refractivity contribution in [2.75, 3.05) is 11.1 Å². The summed E-state index contributed by atoms with van der Waals surface area (Å²) in [4.78, 5) is 11.8. The van der Waals surface area contributed by atoms with Gasteiger partial charge in [-0.15, -0.1) is 0 Å². The van der Waals surface area contributed by atoms with Crippen molar-refractivity contribution >= 4 is 17.3 Å². The molecular weight excluding hydrogens is 254 g/mol. The molecule has 2 rings (SSSR count). The summed E-state index contributed by atoms with van der Waals surface area (Å²) in [5.41, 5.74) is 5.20. The Bertz CT molecular complexity index is 645. The first-order valence-electron chi connectivity index (χ1n) is 5.33.